The van der Waals surface area contributed by atoms with Gasteiger partial charge in [-0.1, -0.05) is 19.1 Å². The highest BCUT2D eigenvalue weighted by Crippen LogP contribution is 2.42. The van der Waals surface area contributed by atoms with Crippen LogP contribution in [-0.4, -0.2) is 5.37 Å². The van der Waals surface area contributed by atoms with Crippen LogP contribution in [0.1, 0.15) is 19.8 Å². The van der Waals surface area contributed by atoms with Crippen LogP contribution in [0.15, 0.2) is 0 Å². The van der Waals surface area contributed by atoms with Gasteiger partial charge in [0.05, 0.1) is 0 Å². The van der Waals surface area contributed by atoms with Crippen molar-refractivity contribution in [3.05, 3.63) is 0 Å². The van der Waals surface area contributed by atoms with E-state index >= 15 is 0 Å². The maximum Gasteiger partial charge on any atom is -0.00413 e. The fourth-order valence-electron chi connectivity index (χ4n) is 0.315. The Morgan fingerprint density at radius 1 is 1.67 bits per heavy atom. The van der Waals surface area contributed by atoms with E-state index in [4.69, 9.17) is 12.2 Å². The lowest BCUT2D eigenvalue weighted by atomic mass is 10.2. The third-order valence-corrected chi connectivity index (χ3v) is 1.89. The summed E-state index contributed by atoms with van der Waals surface area (Å²) in [6.45, 7) is 2.19. The first kappa shape index (κ1) is 4.25. The summed E-state index contributed by atoms with van der Waals surface area (Å²) in [6.07, 6.45) is 2.63. The van der Waals surface area contributed by atoms with Gasteiger partial charge in [-0.15, -0.1) is 0 Å². The van der Waals surface area contributed by atoms with Crippen molar-refractivity contribution in [1.82, 2.24) is 0 Å². The Balaban J connectivity index is 2.47. The van der Waals surface area contributed by atoms with E-state index in [-0.39, 0.29) is 0 Å². The maximum atomic E-state index is 4.73. The second kappa shape index (κ2) is 1.03. The highest BCUT2D eigenvalue weighted by Gasteiger charge is 2.34. The molecule has 1 fully saturated rings. The zero-order chi connectivity index (χ0) is 4.62. The van der Waals surface area contributed by atoms with Gasteiger partial charge in [0.1, 0.15) is 0 Å². The van der Waals surface area contributed by atoms with Gasteiger partial charge < -0.3 is 0 Å². The van der Waals surface area contributed by atoms with Crippen LogP contribution in [0, 0.1) is 5.41 Å². The quantitative estimate of drug-likeness (QED) is 0.453. The average molecular weight is 100 g/mol. The van der Waals surface area contributed by atoms with Crippen molar-refractivity contribution in [3.8, 4) is 0 Å². The Hall–Kier alpha value is 0.0900. The first-order chi connectivity index (χ1) is 2.77. The number of hydrogen-bond acceptors (Lipinski definition) is 1. The molecule has 0 bridgehead atoms. The summed E-state index contributed by atoms with van der Waals surface area (Å²) in [5.41, 5.74) is 0.481. The van der Waals surface area contributed by atoms with E-state index < -0.39 is 0 Å². The van der Waals surface area contributed by atoms with Gasteiger partial charge in [-0.3, -0.25) is 0 Å². The van der Waals surface area contributed by atoms with Crippen molar-refractivity contribution in [2.24, 2.45) is 5.41 Å². The molecule has 0 aromatic rings. The molecule has 1 aliphatic rings. The van der Waals surface area contributed by atoms with Crippen LogP contribution in [0.4, 0.5) is 0 Å². The van der Waals surface area contributed by atoms with Gasteiger partial charge in [0.15, 0.2) is 0 Å². The molecule has 0 aromatic carbocycles. The van der Waals surface area contributed by atoms with E-state index in [2.05, 4.69) is 6.92 Å². The van der Waals surface area contributed by atoms with Crippen molar-refractivity contribution in [2.75, 3.05) is 0 Å². The summed E-state index contributed by atoms with van der Waals surface area (Å²) >= 11 is 4.73. The molecule has 0 aliphatic heterocycles. The van der Waals surface area contributed by atoms with Crippen LogP contribution < -0.4 is 0 Å². The Kier molecular flexibility index (Phi) is 0.731. The monoisotopic (exact) mass is 100 g/mol. The molecular formula is C5H8S. The fraction of sp³-hybridized carbons (Fsp3) is 0.800. The third-order valence-electron chi connectivity index (χ3n) is 1.32. The molecule has 0 N–H and O–H groups in total. The summed E-state index contributed by atoms with van der Waals surface area (Å²) in [5.74, 6) is 0. The maximum absolute atomic E-state index is 4.73. The van der Waals surface area contributed by atoms with Crippen molar-refractivity contribution in [2.45, 2.75) is 19.8 Å². The highest BCUT2D eigenvalue weighted by molar-refractivity contribution is 7.79. The van der Waals surface area contributed by atoms with Gasteiger partial charge in [-0.25, -0.2) is 0 Å². The molecule has 0 radical (unpaired) electrons. The number of rotatable bonds is 1. The molecule has 1 saturated carbocycles. The van der Waals surface area contributed by atoms with E-state index in [0.717, 1.165) is 0 Å². The average Bonchev–Trinajstić information content (AvgIpc) is 2.22. The second-order valence-corrected chi connectivity index (χ2v) is 2.51. The second-order valence-electron chi connectivity index (χ2n) is 2.27. The zero-order valence-corrected chi connectivity index (χ0v) is 4.72. The van der Waals surface area contributed by atoms with Crippen molar-refractivity contribution in [3.63, 3.8) is 0 Å². The van der Waals surface area contributed by atoms with Gasteiger partial charge in [-0.05, 0) is 23.6 Å². The summed E-state index contributed by atoms with van der Waals surface area (Å²) in [5, 5.41) is 1.88. The molecule has 0 heterocycles. The predicted octanol–water partition coefficient (Wildman–Crippen LogP) is 1.79. The molecule has 0 atom stereocenters. The number of thiocarbonyl (C=S) groups is 1. The minimum absolute atomic E-state index is 0.481. The van der Waals surface area contributed by atoms with E-state index in [0.29, 0.717) is 5.41 Å². The summed E-state index contributed by atoms with van der Waals surface area (Å²) in [7, 11) is 0. The summed E-state index contributed by atoms with van der Waals surface area (Å²) in [4.78, 5) is 0. The largest absolute Gasteiger partial charge is 0.0929 e. The molecule has 1 heteroatoms. The van der Waals surface area contributed by atoms with Crippen LogP contribution >= 0.6 is 12.2 Å². The van der Waals surface area contributed by atoms with Crippen LogP contribution in [-0.2, 0) is 0 Å². The molecule has 1 aliphatic carbocycles. The van der Waals surface area contributed by atoms with Crippen LogP contribution in [0.25, 0.3) is 0 Å². The topological polar surface area (TPSA) is 0 Å². The summed E-state index contributed by atoms with van der Waals surface area (Å²) in [6, 6.07) is 0. The molecule has 0 amide bonds. The van der Waals surface area contributed by atoms with Crippen LogP contribution in [0.2, 0.25) is 0 Å². The Labute approximate surface area is 43.6 Å². The minimum atomic E-state index is 0.481. The lowest BCUT2D eigenvalue weighted by Gasteiger charge is -1.88. The van der Waals surface area contributed by atoms with Crippen LogP contribution in [0.3, 0.4) is 0 Å². The SMILES string of the molecule is CC1(C=S)CC1. The third kappa shape index (κ3) is 0.597. The molecular weight excluding hydrogens is 92.1 g/mol. The lowest BCUT2D eigenvalue weighted by molar-refractivity contribution is 0.839. The number of hydrogen-bond donors (Lipinski definition) is 0. The normalized spacial score (nSPS) is 26.2. The Morgan fingerprint density at radius 3 is 2.17 bits per heavy atom. The van der Waals surface area contributed by atoms with Gasteiger partial charge in [-0.2, -0.15) is 0 Å². The molecule has 0 spiro atoms. The molecule has 0 saturated heterocycles. The predicted molar refractivity (Wildman–Crippen MR) is 31.0 cm³/mol. The first-order valence-corrected chi connectivity index (χ1v) is 2.70. The lowest BCUT2D eigenvalue weighted by Crippen LogP contribution is -1.87. The van der Waals surface area contributed by atoms with Gasteiger partial charge >= 0.3 is 0 Å². The van der Waals surface area contributed by atoms with Crippen LogP contribution in [0.5, 0.6) is 0 Å². The van der Waals surface area contributed by atoms with Gasteiger partial charge in [0.25, 0.3) is 0 Å². The highest BCUT2D eigenvalue weighted by atomic mass is 32.1. The zero-order valence-electron chi connectivity index (χ0n) is 3.90. The van der Waals surface area contributed by atoms with Crippen molar-refractivity contribution in [1.29, 1.82) is 0 Å². The molecule has 6 heavy (non-hydrogen) atoms. The van der Waals surface area contributed by atoms with Crippen molar-refractivity contribution < 1.29 is 0 Å². The first-order valence-electron chi connectivity index (χ1n) is 2.23. The Bertz CT molecular complexity index is 72.0. The van der Waals surface area contributed by atoms with Gasteiger partial charge in [0, 0.05) is 0 Å². The Morgan fingerprint density at radius 2 is 2.17 bits per heavy atom. The van der Waals surface area contributed by atoms with E-state index in [1.165, 1.54) is 12.8 Å². The molecule has 1 rings (SSSR count). The molecule has 0 unspecified atom stereocenters. The van der Waals surface area contributed by atoms with E-state index in [1.54, 1.807) is 0 Å². The molecule has 0 aromatic heterocycles. The molecule has 0 nitrogen and oxygen atoms in total. The van der Waals surface area contributed by atoms with E-state index in [9.17, 15) is 0 Å². The molecule has 34 valence electrons. The van der Waals surface area contributed by atoms with Crippen molar-refractivity contribution >= 4 is 17.6 Å². The summed E-state index contributed by atoms with van der Waals surface area (Å²) < 4.78 is 0. The minimum Gasteiger partial charge on any atom is -0.0929 e. The van der Waals surface area contributed by atoms with Gasteiger partial charge in [0.2, 0.25) is 0 Å². The fourth-order valence-corrected chi connectivity index (χ4v) is 0.551. The standard InChI is InChI=1S/C5H8S/c1-5(4-6)2-3-5/h4H,2-3H2,1H3. The smallest absolute Gasteiger partial charge is 0.00413 e. The van der Waals surface area contributed by atoms with E-state index in [1.807, 2.05) is 5.37 Å².